The topological polar surface area (TPSA) is 77.5 Å². The molecule has 0 fully saturated rings. The van der Waals surface area contributed by atoms with Crippen molar-refractivity contribution in [3.63, 3.8) is 0 Å². The van der Waals surface area contributed by atoms with Crippen molar-refractivity contribution in [2.75, 3.05) is 6.61 Å². The van der Waals surface area contributed by atoms with Crippen molar-refractivity contribution < 1.29 is 13.9 Å². The molecular weight excluding hydrogens is 196 g/mol. The smallest absolute Gasteiger partial charge is 0.301 e. The molecule has 1 aromatic rings. The number of allylic oxidation sites excluding steroid dienone is 1. The van der Waals surface area contributed by atoms with E-state index in [0.717, 1.165) is 0 Å². The summed E-state index contributed by atoms with van der Waals surface area (Å²) in [7, 11) is 0. The number of carbonyl (C=O) groups excluding carboxylic acids is 1. The van der Waals surface area contributed by atoms with E-state index in [1.165, 1.54) is 6.26 Å². The van der Waals surface area contributed by atoms with Gasteiger partial charge in [-0.3, -0.25) is 10.2 Å². The van der Waals surface area contributed by atoms with Crippen LogP contribution in [0.4, 0.5) is 0 Å². The summed E-state index contributed by atoms with van der Waals surface area (Å²) in [5.74, 6) is 4.74. The number of hydrazine groups is 1. The predicted octanol–water partition coefficient (Wildman–Crippen LogP) is 0.976. The maximum atomic E-state index is 11.2. The third kappa shape index (κ3) is 3.23. The van der Waals surface area contributed by atoms with E-state index in [9.17, 15) is 4.79 Å². The summed E-state index contributed by atoms with van der Waals surface area (Å²) in [4.78, 5) is 11.2. The van der Waals surface area contributed by atoms with E-state index in [4.69, 9.17) is 15.0 Å². The van der Waals surface area contributed by atoms with Crippen LogP contribution in [-0.4, -0.2) is 12.5 Å². The Hall–Kier alpha value is -1.59. The van der Waals surface area contributed by atoms with Crippen molar-refractivity contribution in [1.29, 1.82) is 0 Å². The number of hydrogen-bond acceptors (Lipinski definition) is 4. The Kier molecular flexibility index (Phi) is 4.59. The maximum absolute atomic E-state index is 11.2. The first-order chi connectivity index (χ1) is 7.29. The molecule has 0 radical (unpaired) electrons. The number of amides is 1. The van der Waals surface area contributed by atoms with Crippen molar-refractivity contribution in [3.05, 3.63) is 35.8 Å². The molecule has 0 bridgehead atoms. The highest BCUT2D eigenvalue weighted by Crippen LogP contribution is 2.11. The van der Waals surface area contributed by atoms with Crippen LogP contribution in [0, 0.1) is 0 Å². The van der Waals surface area contributed by atoms with Gasteiger partial charge in [-0.25, -0.2) is 5.84 Å². The second-order valence-corrected chi connectivity index (χ2v) is 2.83. The molecule has 0 aliphatic heterocycles. The number of nitrogen functional groups attached to an aromatic ring is 1. The van der Waals surface area contributed by atoms with Gasteiger partial charge in [0.2, 0.25) is 0 Å². The SMILES string of the molecule is CC=CCOCc1ccoc1C(=O)NN. The highest BCUT2D eigenvalue weighted by atomic mass is 16.5. The van der Waals surface area contributed by atoms with Crippen LogP contribution in [0.2, 0.25) is 0 Å². The van der Waals surface area contributed by atoms with Crippen molar-refractivity contribution in [1.82, 2.24) is 5.43 Å². The molecule has 0 saturated carbocycles. The van der Waals surface area contributed by atoms with E-state index in [2.05, 4.69) is 0 Å². The average Bonchev–Trinajstić information content (AvgIpc) is 2.71. The summed E-state index contributed by atoms with van der Waals surface area (Å²) in [5, 5.41) is 0. The van der Waals surface area contributed by atoms with Crippen molar-refractivity contribution in [3.8, 4) is 0 Å². The number of carbonyl (C=O) groups is 1. The maximum Gasteiger partial charge on any atom is 0.301 e. The van der Waals surface area contributed by atoms with Crippen LogP contribution < -0.4 is 11.3 Å². The molecule has 1 amide bonds. The zero-order valence-electron chi connectivity index (χ0n) is 8.53. The number of nitrogens with one attached hydrogen (secondary N) is 1. The minimum atomic E-state index is -0.454. The monoisotopic (exact) mass is 210 g/mol. The molecule has 0 aliphatic rings. The number of nitrogens with two attached hydrogens (primary N) is 1. The average molecular weight is 210 g/mol. The summed E-state index contributed by atoms with van der Waals surface area (Å²) in [6.45, 7) is 2.74. The quantitative estimate of drug-likeness (QED) is 0.249. The van der Waals surface area contributed by atoms with Crippen LogP contribution in [0.25, 0.3) is 0 Å². The standard InChI is InChI=1S/C10H14N2O3/c1-2-3-5-14-7-8-4-6-15-9(8)10(13)12-11/h2-4,6H,5,7,11H2,1H3,(H,12,13). The molecule has 1 rings (SSSR count). The summed E-state index contributed by atoms with van der Waals surface area (Å²) in [6.07, 6.45) is 5.20. The highest BCUT2D eigenvalue weighted by molar-refractivity contribution is 5.92. The van der Waals surface area contributed by atoms with Crippen LogP contribution in [-0.2, 0) is 11.3 Å². The Morgan fingerprint density at radius 1 is 1.73 bits per heavy atom. The van der Waals surface area contributed by atoms with Crippen LogP contribution in [0.5, 0.6) is 0 Å². The first kappa shape index (κ1) is 11.5. The molecule has 0 aliphatic carbocycles. The summed E-state index contributed by atoms with van der Waals surface area (Å²) in [5.41, 5.74) is 2.69. The number of rotatable bonds is 5. The fourth-order valence-electron chi connectivity index (χ4n) is 1.05. The van der Waals surface area contributed by atoms with E-state index in [-0.39, 0.29) is 5.76 Å². The van der Waals surface area contributed by atoms with Gasteiger partial charge in [0.1, 0.15) is 0 Å². The molecular formula is C10H14N2O3. The normalized spacial score (nSPS) is 10.8. The predicted molar refractivity (Wildman–Crippen MR) is 54.8 cm³/mol. The molecule has 0 saturated heterocycles. The van der Waals surface area contributed by atoms with E-state index in [0.29, 0.717) is 18.8 Å². The van der Waals surface area contributed by atoms with Gasteiger partial charge in [0.15, 0.2) is 5.76 Å². The van der Waals surface area contributed by atoms with Gasteiger partial charge >= 0.3 is 5.91 Å². The van der Waals surface area contributed by atoms with Crippen molar-refractivity contribution in [2.24, 2.45) is 5.84 Å². The Balaban J connectivity index is 2.53. The summed E-state index contributed by atoms with van der Waals surface area (Å²) >= 11 is 0. The largest absolute Gasteiger partial charge is 0.459 e. The van der Waals surface area contributed by atoms with Gasteiger partial charge in [0.25, 0.3) is 0 Å². The molecule has 1 aromatic heterocycles. The van der Waals surface area contributed by atoms with Crippen LogP contribution >= 0.6 is 0 Å². The van der Waals surface area contributed by atoms with Gasteiger partial charge in [-0.2, -0.15) is 0 Å². The van der Waals surface area contributed by atoms with Crippen LogP contribution in [0.1, 0.15) is 23.0 Å². The van der Waals surface area contributed by atoms with Gasteiger partial charge in [0, 0.05) is 5.56 Å². The number of ether oxygens (including phenoxy) is 1. The fraction of sp³-hybridized carbons (Fsp3) is 0.300. The van der Waals surface area contributed by atoms with Crippen LogP contribution in [0.15, 0.2) is 28.9 Å². The first-order valence-corrected chi connectivity index (χ1v) is 4.55. The minimum absolute atomic E-state index is 0.193. The van der Waals surface area contributed by atoms with E-state index >= 15 is 0 Å². The molecule has 5 nitrogen and oxygen atoms in total. The van der Waals surface area contributed by atoms with Gasteiger partial charge < -0.3 is 9.15 Å². The van der Waals surface area contributed by atoms with Crippen molar-refractivity contribution in [2.45, 2.75) is 13.5 Å². The summed E-state index contributed by atoms with van der Waals surface area (Å²) < 4.78 is 10.3. The number of hydrogen-bond donors (Lipinski definition) is 2. The van der Waals surface area contributed by atoms with Crippen molar-refractivity contribution >= 4 is 5.91 Å². The molecule has 5 heteroatoms. The lowest BCUT2D eigenvalue weighted by atomic mass is 10.2. The Labute approximate surface area is 87.9 Å². The lowest BCUT2D eigenvalue weighted by Gasteiger charge is -2.01. The second kappa shape index (κ2) is 6.00. The minimum Gasteiger partial charge on any atom is -0.459 e. The highest BCUT2D eigenvalue weighted by Gasteiger charge is 2.13. The van der Waals surface area contributed by atoms with E-state index < -0.39 is 5.91 Å². The van der Waals surface area contributed by atoms with Gasteiger partial charge in [-0.1, -0.05) is 12.2 Å². The zero-order valence-corrected chi connectivity index (χ0v) is 8.53. The van der Waals surface area contributed by atoms with Crippen LogP contribution in [0.3, 0.4) is 0 Å². The third-order valence-corrected chi connectivity index (χ3v) is 1.79. The Morgan fingerprint density at radius 3 is 3.20 bits per heavy atom. The molecule has 0 aromatic carbocycles. The summed E-state index contributed by atoms with van der Waals surface area (Å²) in [6, 6.07) is 1.68. The number of furan rings is 1. The second-order valence-electron chi connectivity index (χ2n) is 2.83. The zero-order chi connectivity index (χ0) is 11.1. The molecule has 15 heavy (non-hydrogen) atoms. The van der Waals surface area contributed by atoms with Gasteiger partial charge in [-0.15, -0.1) is 0 Å². The molecule has 0 atom stereocenters. The van der Waals surface area contributed by atoms with Gasteiger partial charge in [0.05, 0.1) is 19.5 Å². The lowest BCUT2D eigenvalue weighted by molar-refractivity contribution is 0.0916. The Morgan fingerprint density at radius 2 is 2.53 bits per heavy atom. The molecule has 3 N–H and O–H groups in total. The Bertz CT molecular complexity index is 344. The van der Waals surface area contributed by atoms with E-state index in [1.54, 1.807) is 6.07 Å². The third-order valence-electron chi connectivity index (χ3n) is 1.79. The molecule has 1 heterocycles. The first-order valence-electron chi connectivity index (χ1n) is 4.55. The molecule has 0 spiro atoms. The molecule has 0 unspecified atom stereocenters. The van der Waals surface area contributed by atoms with Gasteiger partial charge in [-0.05, 0) is 13.0 Å². The fourth-order valence-corrected chi connectivity index (χ4v) is 1.05. The van der Waals surface area contributed by atoms with E-state index in [1.807, 2.05) is 24.5 Å². The lowest BCUT2D eigenvalue weighted by Crippen LogP contribution is -2.30. The molecule has 82 valence electrons.